The normalized spacial score (nSPS) is 11.8. The van der Waals surface area contributed by atoms with Crippen LogP contribution in [0.15, 0.2) is 0 Å². The molecule has 0 unspecified atom stereocenters. The van der Waals surface area contributed by atoms with E-state index >= 15 is 0 Å². The maximum absolute atomic E-state index is 10.8. The van der Waals surface area contributed by atoms with Crippen LogP contribution in [0.2, 0.25) is 0 Å². The monoisotopic (exact) mass is 196 g/mol. The van der Waals surface area contributed by atoms with E-state index in [1.54, 1.807) is 7.11 Å². The van der Waals surface area contributed by atoms with Crippen LogP contribution in [0.4, 0.5) is 0 Å². The molecule has 0 heterocycles. The highest BCUT2D eigenvalue weighted by Gasteiger charge is 2.02. The lowest BCUT2D eigenvalue weighted by molar-refractivity contribution is 0.193. The number of methoxy groups -OCH3 is 1. The van der Waals surface area contributed by atoms with Crippen molar-refractivity contribution in [3.8, 4) is 0 Å². The van der Waals surface area contributed by atoms with Gasteiger partial charge >= 0.3 is 0 Å². The molecule has 74 valence electrons. The molecule has 0 spiro atoms. The molecule has 0 fully saturated rings. The summed E-state index contributed by atoms with van der Waals surface area (Å²) in [6, 6.07) is 0. The summed E-state index contributed by atoms with van der Waals surface area (Å²) in [5.74, 6) is 0. The molecule has 0 saturated carbocycles. The van der Waals surface area contributed by atoms with Gasteiger partial charge in [0.15, 0.2) is 0 Å². The Balaban J connectivity index is 3.32. The van der Waals surface area contributed by atoms with Gasteiger partial charge < -0.3 is 4.74 Å². The van der Waals surface area contributed by atoms with E-state index in [4.69, 9.17) is 4.74 Å². The number of rotatable bonds is 7. The SMILES string of the molecule is CNS(=O)(=O)NCCCCOC. The Labute approximate surface area is 73.7 Å². The van der Waals surface area contributed by atoms with Gasteiger partial charge in [0, 0.05) is 27.3 Å². The van der Waals surface area contributed by atoms with Crippen molar-refractivity contribution >= 4 is 10.2 Å². The highest BCUT2D eigenvalue weighted by molar-refractivity contribution is 7.87. The Morgan fingerprint density at radius 2 is 2.00 bits per heavy atom. The van der Waals surface area contributed by atoms with E-state index in [9.17, 15) is 8.42 Å². The molecule has 0 aromatic heterocycles. The average molecular weight is 196 g/mol. The predicted octanol–water partition coefficient (Wildman–Crippen LogP) is -0.533. The molecule has 0 rings (SSSR count). The van der Waals surface area contributed by atoms with E-state index < -0.39 is 10.2 Å². The van der Waals surface area contributed by atoms with Crippen molar-refractivity contribution in [2.45, 2.75) is 12.8 Å². The molecular weight excluding hydrogens is 180 g/mol. The summed E-state index contributed by atoms with van der Waals surface area (Å²) in [7, 11) is -0.252. The summed E-state index contributed by atoms with van der Waals surface area (Å²) < 4.78 is 30.9. The average Bonchev–Trinajstić information content (AvgIpc) is 2.04. The molecule has 12 heavy (non-hydrogen) atoms. The lowest BCUT2D eigenvalue weighted by Crippen LogP contribution is -2.34. The zero-order valence-corrected chi connectivity index (χ0v) is 8.28. The predicted molar refractivity (Wildman–Crippen MR) is 47.1 cm³/mol. The van der Waals surface area contributed by atoms with Crippen molar-refractivity contribution in [2.24, 2.45) is 0 Å². The molecule has 0 saturated heterocycles. The van der Waals surface area contributed by atoms with Crippen LogP contribution < -0.4 is 9.44 Å². The summed E-state index contributed by atoms with van der Waals surface area (Å²) in [6.07, 6.45) is 1.65. The second-order valence-corrected chi connectivity index (χ2v) is 4.01. The van der Waals surface area contributed by atoms with Gasteiger partial charge in [-0.25, -0.2) is 9.44 Å². The zero-order chi connectivity index (χ0) is 9.45. The van der Waals surface area contributed by atoms with Crippen molar-refractivity contribution < 1.29 is 13.2 Å². The molecular formula is C6H16N2O3S. The van der Waals surface area contributed by atoms with Crippen LogP contribution in [0.3, 0.4) is 0 Å². The first-order chi connectivity index (χ1) is 5.62. The number of nitrogens with one attached hydrogen (secondary N) is 2. The summed E-state index contributed by atoms with van der Waals surface area (Å²) in [5.41, 5.74) is 0. The molecule has 0 bridgehead atoms. The largest absolute Gasteiger partial charge is 0.385 e. The van der Waals surface area contributed by atoms with Gasteiger partial charge in [0.1, 0.15) is 0 Å². The Kier molecular flexibility index (Phi) is 6.27. The third kappa shape index (κ3) is 6.53. The highest BCUT2D eigenvalue weighted by atomic mass is 32.2. The summed E-state index contributed by atoms with van der Waals surface area (Å²) in [5, 5.41) is 0. The van der Waals surface area contributed by atoms with E-state index in [1.165, 1.54) is 7.05 Å². The molecule has 0 aliphatic rings. The smallest absolute Gasteiger partial charge is 0.276 e. The van der Waals surface area contributed by atoms with Crippen molar-refractivity contribution in [3.63, 3.8) is 0 Å². The quantitative estimate of drug-likeness (QED) is 0.538. The minimum atomic E-state index is -3.25. The molecule has 0 aliphatic heterocycles. The van der Waals surface area contributed by atoms with Gasteiger partial charge in [0.2, 0.25) is 0 Å². The summed E-state index contributed by atoms with van der Waals surface area (Å²) in [4.78, 5) is 0. The van der Waals surface area contributed by atoms with Crippen LogP contribution in [-0.2, 0) is 14.9 Å². The second-order valence-electron chi connectivity index (χ2n) is 2.30. The molecule has 2 N–H and O–H groups in total. The first kappa shape index (κ1) is 11.8. The number of hydrogen-bond acceptors (Lipinski definition) is 3. The zero-order valence-electron chi connectivity index (χ0n) is 7.46. The van der Waals surface area contributed by atoms with Crippen LogP contribution in [-0.4, -0.2) is 35.7 Å². The fourth-order valence-electron chi connectivity index (χ4n) is 0.650. The van der Waals surface area contributed by atoms with Gasteiger partial charge in [0.25, 0.3) is 10.2 Å². The van der Waals surface area contributed by atoms with E-state index in [1.807, 2.05) is 0 Å². The number of hydrogen-bond donors (Lipinski definition) is 2. The molecule has 0 atom stereocenters. The van der Waals surface area contributed by atoms with Gasteiger partial charge in [-0.15, -0.1) is 0 Å². The number of unbranched alkanes of at least 4 members (excludes halogenated alkanes) is 1. The van der Waals surface area contributed by atoms with E-state index in [0.29, 0.717) is 13.2 Å². The third-order valence-corrected chi connectivity index (χ3v) is 2.46. The van der Waals surface area contributed by atoms with Gasteiger partial charge in [0.05, 0.1) is 0 Å². The van der Waals surface area contributed by atoms with E-state index in [2.05, 4.69) is 9.44 Å². The van der Waals surface area contributed by atoms with Gasteiger partial charge in [-0.2, -0.15) is 8.42 Å². The lowest BCUT2D eigenvalue weighted by Gasteiger charge is -2.03. The Bertz CT molecular complexity index is 191. The Hall–Kier alpha value is -0.170. The Morgan fingerprint density at radius 1 is 1.33 bits per heavy atom. The fourth-order valence-corrected chi connectivity index (χ4v) is 1.21. The van der Waals surface area contributed by atoms with Gasteiger partial charge in [-0.3, -0.25) is 0 Å². The molecule has 0 radical (unpaired) electrons. The molecule has 0 aromatic rings. The summed E-state index contributed by atoms with van der Waals surface area (Å²) >= 11 is 0. The van der Waals surface area contributed by atoms with E-state index in [0.717, 1.165) is 12.8 Å². The van der Waals surface area contributed by atoms with Crippen LogP contribution in [0.25, 0.3) is 0 Å². The first-order valence-corrected chi connectivity index (χ1v) is 5.28. The second kappa shape index (κ2) is 6.36. The highest BCUT2D eigenvalue weighted by Crippen LogP contribution is 1.87. The minimum absolute atomic E-state index is 0.451. The first-order valence-electron chi connectivity index (χ1n) is 3.79. The van der Waals surface area contributed by atoms with Crippen LogP contribution >= 0.6 is 0 Å². The molecule has 0 aliphatic carbocycles. The minimum Gasteiger partial charge on any atom is -0.385 e. The third-order valence-electron chi connectivity index (χ3n) is 1.34. The molecule has 5 nitrogen and oxygen atoms in total. The lowest BCUT2D eigenvalue weighted by atomic mass is 10.3. The van der Waals surface area contributed by atoms with Crippen LogP contribution in [0.1, 0.15) is 12.8 Å². The van der Waals surface area contributed by atoms with Crippen LogP contribution in [0.5, 0.6) is 0 Å². The maximum atomic E-state index is 10.8. The topological polar surface area (TPSA) is 67.4 Å². The fraction of sp³-hybridized carbons (Fsp3) is 1.00. The number of ether oxygens (including phenoxy) is 1. The standard InChI is InChI=1S/C6H16N2O3S/c1-7-12(9,10)8-5-3-4-6-11-2/h7-8H,3-6H2,1-2H3. The van der Waals surface area contributed by atoms with E-state index in [-0.39, 0.29) is 0 Å². The summed E-state index contributed by atoms with van der Waals surface area (Å²) in [6.45, 7) is 1.12. The Morgan fingerprint density at radius 3 is 2.50 bits per heavy atom. The van der Waals surface area contributed by atoms with Crippen molar-refractivity contribution in [3.05, 3.63) is 0 Å². The molecule has 0 amide bonds. The van der Waals surface area contributed by atoms with Gasteiger partial charge in [-0.1, -0.05) is 0 Å². The molecule has 6 heteroatoms. The van der Waals surface area contributed by atoms with Crippen molar-refractivity contribution in [2.75, 3.05) is 27.3 Å². The van der Waals surface area contributed by atoms with Crippen LogP contribution in [0, 0.1) is 0 Å². The van der Waals surface area contributed by atoms with Gasteiger partial charge in [-0.05, 0) is 12.8 Å². The van der Waals surface area contributed by atoms with Crippen molar-refractivity contribution in [1.29, 1.82) is 0 Å². The van der Waals surface area contributed by atoms with Crippen molar-refractivity contribution in [1.82, 2.24) is 9.44 Å². The molecule has 0 aromatic carbocycles. The maximum Gasteiger partial charge on any atom is 0.276 e.